The van der Waals surface area contributed by atoms with E-state index in [0.717, 1.165) is 0 Å². The third-order valence-corrected chi connectivity index (χ3v) is 3.17. The van der Waals surface area contributed by atoms with Crippen LogP contribution >= 0.6 is 0 Å². The summed E-state index contributed by atoms with van der Waals surface area (Å²) >= 11 is 0. The lowest BCUT2D eigenvalue weighted by molar-refractivity contribution is -0.385. The highest BCUT2D eigenvalue weighted by Crippen LogP contribution is 2.24. The van der Waals surface area contributed by atoms with Gasteiger partial charge in [-0.05, 0) is 25.8 Å². The minimum Gasteiger partial charge on any atom is -0.324 e. The number of amides is 1. The lowest BCUT2D eigenvalue weighted by Crippen LogP contribution is -2.47. The third-order valence-electron chi connectivity index (χ3n) is 3.17. The first-order valence-electron chi connectivity index (χ1n) is 6.19. The van der Waals surface area contributed by atoms with E-state index in [4.69, 9.17) is 5.73 Å². The standard InChI is InChI=1S/C13H19N3O3/c1-4-9-6-7-10(8-11(9)16(18)19)15-12(17)13(3,14)5-2/h6-8H,4-5,14H2,1-3H3,(H,15,17). The van der Waals surface area contributed by atoms with Crippen LogP contribution in [0.15, 0.2) is 18.2 Å². The predicted octanol–water partition coefficient (Wildman–Crippen LogP) is 2.22. The average Bonchev–Trinajstić information content (AvgIpc) is 2.38. The van der Waals surface area contributed by atoms with E-state index in [9.17, 15) is 14.9 Å². The van der Waals surface area contributed by atoms with Crippen molar-refractivity contribution in [2.45, 2.75) is 39.2 Å². The van der Waals surface area contributed by atoms with Crippen LogP contribution in [0.3, 0.4) is 0 Å². The molecule has 1 aromatic rings. The molecule has 0 bridgehead atoms. The van der Waals surface area contributed by atoms with Crippen molar-refractivity contribution in [3.63, 3.8) is 0 Å². The molecule has 1 amide bonds. The molecule has 6 nitrogen and oxygen atoms in total. The number of rotatable bonds is 5. The fourth-order valence-corrected chi connectivity index (χ4v) is 1.54. The van der Waals surface area contributed by atoms with Gasteiger partial charge in [0.25, 0.3) is 5.69 Å². The van der Waals surface area contributed by atoms with Crippen LogP contribution in [-0.4, -0.2) is 16.4 Å². The number of aryl methyl sites for hydroxylation is 1. The van der Waals surface area contributed by atoms with Crippen molar-refractivity contribution in [3.05, 3.63) is 33.9 Å². The van der Waals surface area contributed by atoms with E-state index in [1.54, 1.807) is 19.1 Å². The summed E-state index contributed by atoms with van der Waals surface area (Å²) in [6.07, 6.45) is 1.04. The van der Waals surface area contributed by atoms with E-state index in [2.05, 4.69) is 5.32 Å². The number of carbonyl (C=O) groups excluding carboxylic acids is 1. The minimum atomic E-state index is -0.988. The molecule has 0 radical (unpaired) electrons. The predicted molar refractivity (Wildman–Crippen MR) is 74.0 cm³/mol. The number of nitro groups is 1. The van der Waals surface area contributed by atoms with Crippen molar-refractivity contribution < 1.29 is 9.72 Å². The van der Waals surface area contributed by atoms with Crippen molar-refractivity contribution in [1.29, 1.82) is 0 Å². The first kappa shape index (κ1) is 15.1. The Bertz CT molecular complexity index is 498. The molecule has 6 heteroatoms. The van der Waals surface area contributed by atoms with Gasteiger partial charge in [0.2, 0.25) is 5.91 Å². The number of benzene rings is 1. The monoisotopic (exact) mass is 265 g/mol. The molecule has 1 atom stereocenters. The van der Waals surface area contributed by atoms with Crippen LogP contribution in [0.25, 0.3) is 0 Å². The molecular weight excluding hydrogens is 246 g/mol. The van der Waals surface area contributed by atoms with Crippen LogP contribution in [0.2, 0.25) is 0 Å². The first-order chi connectivity index (χ1) is 8.81. The molecule has 0 fully saturated rings. The number of hydrogen-bond donors (Lipinski definition) is 2. The Labute approximate surface area is 112 Å². The molecule has 0 heterocycles. The average molecular weight is 265 g/mol. The molecule has 0 aliphatic heterocycles. The van der Waals surface area contributed by atoms with Crippen LogP contribution in [0.1, 0.15) is 32.8 Å². The number of carbonyl (C=O) groups is 1. The van der Waals surface area contributed by atoms with Crippen molar-refractivity contribution >= 4 is 17.3 Å². The van der Waals surface area contributed by atoms with Crippen LogP contribution in [-0.2, 0) is 11.2 Å². The van der Waals surface area contributed by atoms with Crippen LogP contribution in [0.4, 0.5) is 11.4 Å². The van der Waals surface area contributed by atoms with Crippen molar-refractivity contribution in [2.24, 2.45) is 5.73 Å². The van der Waals surface area contributed by atoms with E-state index in [1.165, 1.54) is 6.07 Å². The van der Waals surface area contributed by atoms with Crippen molar-refractivity contribution in [3.8, 4) is 0 Å². The Kier molecular flexibility index (Phi) is 4.61. The molecule has 0 aliphatic carbocycles. The Morgan fingerprint density at radius 1 is 1.47 bits per heavy atom. The number of nitrogens with two attached hydrogens (primary N) is 1. The summed E-state index contributed by atoms with van der Waals surface area (Å²) < 4.78 is 0. The number of anilines is 1. The molecule has 0 spiro atoms. The van der Waals surface area contributed by atoms with E-state index < -0.39 is 10.5 Å². The molecule has 104 valence electrons. The number of nitro benzene ring substituents is 1. The normalized spacial score (nSPS) is 13.7. The maximum atomic E-state index is 11.9. The summed E-state index contributed by atoms with van der Waals surface area (Å²) in [4.78, 5) is 22.4. The molecule has 1 rings (SSSR count). The van der Waals surface area contributed by atoms with Gasteiger partial charge >= 0.3 is 0 Å². The van der Waals surface area contributed by atoms with Gasteiger partial charge in [-0.15, -0.1) is 0 Å². The molecule has 19 heavy (non-hydrogen) atoms. The Hall–Kier alpha value is -1.95. The molecule has 0 aromatic heterocycles. The summed E-state index contributed by atoms with van der Waals surface area (Å²) in [5.41, 5.74) is 5.86. The SMILES string of the molecule is CCc1ccc(NC(=O)C(C)(N)CC)cc1[N+](=O)[O-]. The number of hydrogen-bond acceptors (Lipinski definition) is 4. The van der Waals surface area contributed by atoms with Crippen LogP contribution in [0.5, 0.6) is 0 Å². The van der Waals surface area contributed by atoms with Crippen LogP contribution < -0.4 is 11.1 Å². The highest BCUT2D eigenvalue weighted by atomic mass is 16.6. The topological polar surface area (TPSA) is 98.3 Å². The molecule has 0 saturated carbocycles. The third kappa shape index (κ3) is 3.51. The van der Waals surface area contributed by atoms with E-state index in [-0.39, 0.29) is 11.6 Å². The Morgan fingerprint density at radius 3 is 2.58 bits per heavy atom. The van der Waals surface area contributed by atoms with Gasteiger partial charge in [-0.25, -0.2) is 0 Å². The van der Waals surface area contributed by atoms with E-state index in [1.807, 2.05) is 13.8 Å². The minimum absolute atomic E-state index is 0.00974. The molecule has 0 saturated heterocycles. The first-order valence-corrected chi connectivity index (χ1v) is 6.19. The summed E-state index contributed by atoms with van der Waals surface area (Å²) in [5.74, 6) is -0.353. The Balaban J connectivity index is 3.01. The second-order valence-corrected chi connectivity index (χ2v) is 4.68. The largest absolute Gasteiger partial charge is 0.324 e. The summed E-state index contributed by atoms with van der Waals surface area (Å²) in [6.45, 7) is 5.27. The van der Waals surface area contributed by atoms with Gasteiger partial charge in [0.05, 0.1) is 10.5 Å². The van der Waals surface area contributed by atoms with Gasteiger partial charge in [0.1, 0.15) is 0 Å². The van der Waals surface area contributed by atoms with Gasteiger partial charge in [-0.2, -0.15) is 0 Å². The van der Waals surface area contributed by atoms with Gasteiger partial charge < -0.3 is 11.1 Å². The van der Waals surface area contributed by atoms with Crippen molar-refractivity contribution in [1.82, 2.24) is 0 Å². The van der Waals surface area contributed by atoms with Gasteiger partial charge in [0, 0.05) is 17.3 Å². The quantitative estimate of drug-likeness (QED) is 0.630. The zero-order valence-corrected chi connectivity index (χ0v) is 11.4. The van der Waals surface area contributed by atoms with Gasteiger partial charge in [-0.1, -0.05) is 19.9 Å². The smallest absolute Gasteiger partial charge is 0.274 e. The number of nitrogens with one attached hydrogen (secondary N) is 1. The van der Waals surface area contributed by atoms with E-state index in [0.29, 0.717) is 24.1 Å². The second-order valence-electron chi connectivity index (χ2n) is 4.68. The highest BCUT2D eigenvalue weighted by Gasteiger charge is 2.26. The van der Waals surface area contributed by atoms with E-state index >= 15 is 0 Å². The maximum Gasteiger partial charge on any atom is 0.274 e. The molecular formula is C13H19N3O3. The lowest BCUT2D eigenvalue weighted by atomic mass is 9.99. The lowest BCUT2D eigenvalue weighted by Gasteiger charge is -2.21. The zero-order valence-electron chi connectivity index (χ0n) is 11.4. The zero-order chi connectivity index (χ0) is 14.6. The summed E-state index contributed by atoms with van der Waals surface area (Å²) in [7, 11) is 0. The fourth-order valence-electron chi connectivity index (χ4n) is 1.54. The fraction of sp³-hybridized carbons (Fsp3) is 0.462. The van der Waals surface area contributed by atoms with Gasteiger partial charge in [-0.3, -0.25) is 14.9 Å². The second kappa shape index (κ2) is 5.79. The molecule has 0 aliphatic rings. The van der Waals surface area contributed by atoms with Crippen molar-refractivity contribution in [2.75, 3.05) is 5.32 Å². The molecule has 1 unspecified atom stereocenters. The number of nitrogens with zero attached hydrogens (tertiary/aromatic N) is 1. The summed E-state index contributed by atoms with van der Waals surface area (Å²) in [5, 5.41) is 13.6. The van der Waals surface area contributed by atoms with Crippen LogP contribution in [0, 0.1) is 10.1 Å². The summed E-state index contributed by atoms with van der Waals surface area (Å²) in [6, 6.07) is 4.66. The molecule has 3 N–H and O–H groups in total. The Morgan fingerprint density at radius 2 is 2.11 bits per heavy atom. The highest BCUT2D eigenvalue weighted by molar-refractivity contribution is 5.97. The maximum absolute atomic E-state index is 11.9. The van der Waals surface area contributed by atoms with Gasteiger partial charge in [0.15, 0.2) is 0 Å². The molecule has 1 aromatic carbocycles.